The molecular weight excluding hydrogens is 268 g/mol. The van der Waals surface area contributed by atoms with Gasteiger partial charge in [0.2, 0.25) is 0 Å². The molecule has 0 radical (unpaired) electrons. The average molecular weight is 292 g/mol. The van der Waals surface area contributed by atoms with Crippen LogP contribution in [0.1, 0.15) is 38.3 Å². The summed E-state index contributed by atoms with van der Waals surface area (Å²) in [5.41, 5.74) is 1.02. The molecule has 2 rings (SSSR count). The predicted octanol–water partition coefficient (Wildman–Crippen LogP) is 2.02. The van der Waals surface area contributed by atoms with E-state index in [9.17, 15) is 4.79 Å². The van der Waals surface area contributed by atoms with Crippen molar-refractivity contribution in [3.05, 3.63) is 23.8 Å². The SMILES string of the molecule is CCNC(C)c1ccc(OC)cc1OCC(=O)NC1CC1. The van der Waals surface area contributed by atoms with E-state index in [1.165, 1.54) is 0 Å². The molecule has 2 N–H and O–H groups in total. The number of ether oxygens (including phenoxy) is 2. The summed E-state index contributed by atoms with van der Waals surface area (Å²) >= 11 is 0. The number of hydrogen-bond acceptors (Lipinski definition) is 4. The van der Waals surface area contributed by atoms with Crippen molar-refractivity contribution in [2.75, 3.05) is 20.3 Å². The molecule has 0 spiro atoms. The summed E-state index contributed by atoms with van der Waals surface area (Å²) in [5, 5.41) is 6.26. The van der Waals surface area contributed by atoms with Crippen LogP contribution in [0.15, 0.2) is 18.2 Å². The zero-order valence-corrected chi connectivity index (χ0v) is 12.9. The number of carbonyl (C=O) groups excluding carboxylic acids is 1. The highest BCUT2D eigenvalue weighted by Crippen LogP contribution is 2.29. The van der Waals surface area contributed by atoms with Gasteiger partial charge < -0.3 is 20.1 Å². The first-order chi connectivity index (χ1) is 10.1. The largest absolute Gasteiger partial charge is 0.497 e. The standard InChI is InChI=1S/C16H24N2O3/c1-4-17-11(2)14-8-7-13(20-3)9-15(14)21-10-16(19)18-12-5-6-12/h7-9,11-12,17H,4-6,10H2,1-3H3,(H,18,19). The summed E-state index contributed by atoms with van der Waals surface area (Å²) < 4.78 is 10.9. The summed E-state index contributed by atoms with van der Waals surface area (Å²) in [7, 11) is 1.62. The number of nitrogens with one attached hydrogen (secondary N) is 2. The van der Waals surface area contributed by atoms with Crippen LogP contribution in [0.3, 0.4) is 0 Å². The van der Waals surface area contributed by atoms with Gasteiger partial charge in [0.15, 0.2) is 6.61 Å². The van der Waals surface area contributed by atoms with Crippen molar-refractivity contribution in [1.82, 2.24) is 10.6 Å². The van der Waals surface area contributed by atoms with Gasteiger partial charge in [0.25, 0.3) is 5.91 Å². The van der Waals surface area contributed by atoms with E-state index in [4.69, 9.17) is 9.47 Å². The van der Waals surface area contributed by atoms with E-state index >= 15 is 0 Å². The Balaban J connectivity index is 2.04. The molecule has 0 aliphatic heterocycles. The van der Waals surface area contributed by atoms with Gasteiger partial charge in [-0.05, 0) is 32.4 Å². The topological polar surface area (TPSA) is 59.6 Å². The first kappa shape index (κ1) is 15.6. The molecule has 1 aromatic rings. The summed E-state index contributed by atoms with van der Waals surface area (Å²) in [6.07, 6.45) is 2.15. The Morgan fingerprint density at radius 1 is 1.43 bits per heavy atom. The zero-order valence-electron chi connectivity index (χ0n) is 12.9. The smallest absolute Gasteiger partial charge is 0.258 e. The maximum atomic E-state index is 11.7. The highest BCUT2D eigenvalue weighted by molar-refractivity contribution is 5.78. The molecule has 1 saturated carbocycles. The molecule has 1 unspecified atom stereocenters. The lowest BCUT2D eigenvalue weighted by atomic mass is 10.1. The fourth-order valence-corrected chi connectivity index (χ4v) is 2.18. The Morgan fingerprint density at radius 2 is 2.19 bits per heavy atom. The molecule has 21 heavy (non-hydrogen) atoms. The lowest BCUT2D eigenvalue weighted by Gasteiger charge is -2.18. The summed E-state index contributed by atoms with van der Waals surface area (Å²) in [6, 6.07) is 6.21. The molecular formula is C16H24N2O3. The first-order valence-corrected chi connectivity index (χ1v) is 7.47. The maximum Gasteiger partial charge on any atom is 0.258 e. The minimum atomic E-state index is -0.0672. The van der Waals surface area contributed by atoms with Gasteiger partial charge in [-0.1, -0.05) is 13.0 Å². The summed E-state index contributed by atoms with van der Waals surface area (Å²) in [4.78, 5) is 11.7. The van der Waals surface area contributed by atoms with Gasteiger partial charge in [-0.15, -0.1) is 0 Å². The fraction of sp³-hybridized carbons (Fsp3) is 0.562. The van der Waals surface area contributed by atoms with Crippen molar-refractivity contribution in [3.63, 3.8) is 0 Å². The number of carbonyl (C=O) groups is 1. The molecule has 1 aromatic carbocycles. The molecule has 0 saturated heterocycles. The van der Waals surface area contributed by atoms with Crippen molar-refractivity contribution in [2.24, 2.45) is 0 Å². The number of amides is 1. The van der Waals surface area contributed by atoms with Crippen LogP contribution in [0, 0.1) is 0 Å². The third-order valence-corrected chi connectivity index (χ3v) is 3.50. The van der Waals surface area contributed by atoms with Crippen LogP contribution < -0.4 is 20.1 Å². The lowest BCUT2D eigenvalue weighted by molar-refractivity contribution is -0.123. The Kier molecular flexibility index (Phi) is 5.44. The Morgan fingerprint density at radius 3 is 2.81 bits per heavy atom. The van der Waals surface area contributed by atoms with Crippen molar-refractivity contribution < 1.29 is 14.3 Å². The van der Waals surface area contributed by atoms with Crippen LogP contribution in [0.5, 0.6) is 11.5 Å². The number of hydrogen-bond donors (Lipinski definition) is 2. The summed E-state index contributed by atoms with van der Waals surface area (Å²) in [5.74, 6) is 1.34. The van der Waals surface area contributed by atoms with Crippen LogP contribution in [0.2, 0.25) is 0 Å². The molecule has 116 valence electrons. The Hall–Kier alpha value is -1.75. The molecule has 1 amide bonds. The van der Waals surface area contributed by atoms with Gasteiger partial charge >= 0.3 is 0 Å². The van der Waals surface area contributed by atoms with Crippen LogP contribution in [-0.4, -0.2) is 32.2 Å². The monoisotopic (exact) mass is 292 g/mol. The van der Waals surface area contributed by atoms with Crippen LogP contribution >= 0.6 is 0 Å². The second-order valence-corrected chi connectivity index (χ2v) is 5.31. The second-order valence-electron chi connectivity index (χ2n) is 5.31. The van der Waals surface area contributed by atoms with Crippen molar-refractivity contribution in [1.29, 1.82) is 0 Å². The lowest BCUT2D eigenvalue weighted by Crippen LogP contribution is -2.30. The van der Waals surface area contributed by atoms with Gasteiger partial charge in [-0.2, -0.15) is 0 Å². The highest BCUT2D eigenvalue weighted by atomic mass is 16.5. The third kappa shape index (κ3) is 4.63. The molecule has 1 aliphatic rings. The van der Waals surface area contributed by atoms with Crippen LogP contribution in [-0.2, 0) is 4.79 Å². The molecule has 1 atom stereocenters. The van der Waals surface area contributed by atoms with E-state index in [-0.39, 0.29) is 18.6 Å². The van der Waals surface area contributed by atoms with Crippen molar-refractivity contribution >= 4 is 5.91 Å². The van der Waals surface area contributed by atoms with Gasteiger partial charge in [0, 0.05) is 23.7 Å². The number of methoxy groups -OCH3 is 1. The van der Waals surface area contributed by atoms with Gasteiger partial charge in [-0.25, -0.2) is 0 Å². The molecule has 1 aliphatic carbocycles. The quantitative estimate of drug-likeness (QED) is 0.769. The van der Waals surface area contributed by atoms with Crippen molar-refractivity contribution in [3.8, 4) is 11.5 Å². The molecule has 5 nitrogen and oxygen atoms in total. The van der Waals surface area contributed by atoms with Crippen LogP contribution in [0.25, 0.3) is 0 Å². The normalized spacial score (nSPS) is 15.4. The second kappa shape index (κ2) is 7.31. The van der Waals surface area contributed by atoms with Crippen molar-refractivity contribution in [2.45, 2.75) is 38.8 Å². The fourth-order valence-electron chi connectivity index (χ4n) is 2.18. The van der Waals surface area contributed by atoms with E-state index in [0.717, 1.165) is 30.7 Å². The molecule has 0 bridgehead atoms. The van der Waals surface area contributed by atoms with E-state index < -0.39 is 0 Å². The highest BCUT2D eigenvalue weighted by Gasteiger charge is 2.23. The van der Waals surface area contributed by atoms with E-state index in [1.807, 2.05) is 18.2 Å². The molecule has 0 aromatic heterocycles. The summed E-state index contributed by atoms with van der Waals surface area (Å²) in [6.45, 7) is 5.04. The third-order valence-electron chi connectivity index (χ3n) is 3.50. The van der Waals surface area contributed by atoms with Crippen LogP contribution in [0.4, 0.5) is 0 Å². The van der Waals surface area contributed by atoms with E-state index in [2.05, 4.69) is 24.5 Å². The molecule has 5 heteroatoms. The van der Waals surface area contributed by atoms with Gasteiger partial charge in [-0.3, -0.25) is 4.79 Å². The predicted molar refractivity (Wildman–Crippen MR) is 81.7 cm³/mol. The zero-order chi connectivity index (χ0) is 15.2. The van der Waals surface area contributed by atoms with Gasteiger partial charge in [0.1, 0.15) is 11.5 Å². The van der Waals surface area contributed by atoms with Gasteiger partial charge in [0.05, 0.1) is 7.11 Å². The molecule has 0 heterocycles. The van der Waals surface area contributed by atoms with E-state index in [1.54, 1.807) is 7.11 Å². The molecule has 1 fully saturated rings. The first-order valence-electron chi connectivity index (χ1n) is 7.47. The van der Waals surface area contributed by atoms with E-state index in [0.29, 0.717) is 11.8 Å². The minimum absolute atomic E-state index is 0.0372. The Bertz CT molecular complexity index is 486. The number of rotatable bonds is 8. The average Bonchev–Trinajstić information content (AvgIpc) is 3.29. The number of benzene rings is 1. The minimum Gasteiger partial charge on any atom is -0.497 e. The maximum absolute atomic E-state index is 11.7. The Labute approximate surface area is 126 Å².